The maximum absolute atomic E-state index is 13.0. The minimum absolute atomic E-state index is 0.0715. The van der Waals surface area contributed by atoms with E-state index in [0.717, 1.165) is 62.7 Å². The van der Waals surface area contributed by atoms with Crippen LogP contribution in [0.3, 0.4) is 0 Å². The third-order valence-electron chi connectivity index (χ3n) is 8.66. The Kier molecular flexibility index (Phi) is 31.7. The Balaban J connectivity index is 4.17. The second-order valence-electron chi connectivity index (χ2n) is 13.5. The van der Waals surface area contributed by atoms with Gasteiger partial charge >= 0.3 is 0 Å². The Bertz CT molecular complexity index is 865. The molecule has 0 aliphatic rings. The normalized spacial score (nSPS) is 12.0. The molecule has 2 amide bonds. The van der Waals surface area contributed by atoms with Crippen molar-refractivity contribution in [2.45, 2.75) is 194 Å². The second-order valence-corrected chi connectivity index (χ2v) is 13.5. The molecule has 0 atom stereocenters. The van der Waals surface area contributed by atoms with E-state index in [1.807, 2.05) is 0 Å². The van der Waals surface area contributed by atoms with Crippen molar-refractivity contribution in [1.29, 1.82) is 5.41 Å². The highest BCUT2D eigenvalue weighted by Crippen LogP contribution is 2.13. The van der Waals surface area contributed by atoms with Crippen LogP contribution in [0.15, 0.2) is 29.3 Å². The highest BCUT2D eigenvalue weighted by atomic mass is 16.2. The Labute approximate surface area is 290 Å². The number of hydrogen-bond donors (Lipinski definition) is 2. The van der Waals surface area contributed by atoms with Crippen LogP contribution >= 0.6 is 0 Å². The van der Waals surface area contributed by atoms with Crippen molar-refractivity contribution < 1.29 is 9.59 Å². The predicted octanol–water partition coefficient (Wildman–Crippen LogP) is 11.2. The van der Waals surface area contributed by atoms with E-state index in [1.165, 1.54) is 114 Å². The standard InChI is InChI=1S/C40H75N5O2/c1-5-7-9-11-13-15-17-19-21-23-25-27-29-31-33-35-37(46)43-39(41)45(40(42)44(3)4)38(47)36-34-32-30-28-26-24-22-20-18-16-14-12-10-8-6-2/h19-22,42H,5-18,23-36H2,1-4H3,(H2,41,43,46)/b21-19+,22-20+,42-40?. The van der Waals surface area contributed by atoms with Crippen molar-refractivity contribution >= 4 is 23.7 Å². The molecule has 272 valence electrons. The first-order chi connectivity index (χ1) is 22.8. The molecule has 0 aromatic heterocycles. The molecule has 0 aromatic carbocycles. The van der Waals surface area contributed by atoms with E-state index < -0.39 is 0 Å². The van der Waals surface area contributed by atoms with Crippen LogP contribution in [0.4, 0.5) is 0 Å². The molecule has 0 fully saturated rings. The smallest absolute Gasteiger partial charge is 0.248 e. The summed E-state index contributed by atoms with van der Waals surface area (Å²) in [6.07, 6.45) is 41.0. The van der Waals surface area contributed by atoms with E-state index in [1.54, 1.807) is 14.1 Å². The van der Waals surface area contributed by atoms with Crippen molar-refractivity contribution in [3.05, 3.63) is 24.3 Å². The summed E-state index contributed by atoms with van der Waals surface area (Å²) in [6, 6.07) is 0. The SMILES string of the molecule is CCCCCCCC/C=C/CCCCCCCC(=O)N=C(N)N(C(=N)N(C)C)C(=O)CCCCCCC/C=C/CCCCCCCC. The summed E-state index contributed by atoms with van der Waals surface area (Å²) < 4.78 is 0. The first kappa shape index (κ1) is 44.6. The van der Waals surface area contributed by atoms with E-state index in [4.69, 9.17) is 11.1 Å². The van der Waals surface area contributed by atoms with Crippen molar-refractivity contribution in [3.8, 4) is 0 Å². The monoisotopic (exact) mass is 658 g/mol. The van der Waals surface area contributed by atoms with Gasteiger partial charge in [0.25, 0.3) is 0 Å². The van der Waals surface area contributed by atoms with Gasteiger partial charge in [-0.2, -0.15) is 4.99 Å². The zero-order valence-corrected chi connectivity index (χ0v) is 31.3. The molecular formula is C40H75N5O2. The minimum Gasteiger partial charge on any atom is -0.369 e. The molecule has 0 rings (SSSR count). The van der Waals surface area contributed by atoms with Crippen LogP contribution in [0.5, 0.6) is 0 Å². The molecule has 0 unspecified atom stereocenters. The van der Waals surface area contributed by atoms with E-state index in [2.05, 4.69) is 43.1 Å². The number of guanidine groups is 2. The Morgan fingerprint density at radius 2 is 0.894 bits per heavy atom. The van der Waals surface area contributed by atoms with Crippen LogP contribution in [-0.4, -0.2) is 47.6 Å². The molecule has 0 heterocycles. The summed E-state index contributed by atoms with van der Waals surface area (Å²) in [4.78, 5) is 32.1. The molecule has 0 aliphatic carbocycles. The lowest BCUT2D eigenvalue weighted by Crippen LogP contribution is -2.50. The number of rotatable bonds is 30. The third kappa shape index (κ3) is 28.3. The topological polar surface area (TPSA) is 103 Å². The zero-order chi connectivity index (χ0) is 34.8. The van der Waals surface area contributed by atoms with Gasteiger partial charge in [0.05, 0.1) is 0 Å². The van der Waals surface area contributed by atoms with Crippen LogP contribution in [0.2, 0.25) is 0 Å². The van der Waals surface area contributed by atoms with E-state index in [-0.39, 0.29) is 30.2 Å². The van der Waals surface area contributed by atoms with Gasteiger partial charge in [-0.25, -0.2) is 4.90 Å². The highest BCUT2D eigenvalue weighted by Gasteiger charge is 2.24. The van der Waals surface area contributed by atoms with Gasteiger partial charge in [0, 0.05) is 26.9 Å². The fourth-order valence-corrected chi connectivity index (χ4v) is 5.59. The molecule has 7 nitrogen and oxygen atoms in total. The molecule has 0 aromatic rings. The van der Waals surface area contributed by atoms with Crippen molar-refractivity contribution in [2.24, 2.45) is 10.7 Å². The number of nitrogens with one attached hydrogen (secondary N) is 1. The fourth-order valence-electron chi connectivity index (χ4n) is 5.59. The minimum atomic E-state index is -0.328. The molecular weight excluding hydrogens is 582 g/mol. The van der Waals surface area contributed by atoms with Gasteiger partial charge in [-0.1, -0.05) is 141 Å². The average Bonchev–Trinajstić information content (AvgIpc) is 3.04. The van der Waals surface area contributed by atoms with Crippen LogP contribution in [0.25, 0.3) is 0 Å². The fraction of sp³-hybridized carbons (Fsp3) is 0.800. The number of nitrogens with zero attached hydrogens (tertiary/aromatic N) is 3. The zero-order valence-electron chi connectivity index (χ0n) is 31.3. The van der Waals surface area contributed by atoms with Crippen LogP contribution in [0, 0.1) is 5.41 Å². The molecule has 3 N–H and O–H groups in total. The molecule has 47 heavy (non-hydrogen) atoms. The quantitative estimate of drug-likeness (QED) is 0.0347. The van der Waals surface area contributed by atoms with E-state index in [0.29, 0.717) is 6.42 Å². The number of carbonyl (C=O) groups excluding carboxylic acids is 2. The predicted molar refractivity (Wildman–Crippen MR) is 204 cm³/mol. The number of nitrogens with two attached hydrogens (primary N) is 1. The van der Waals surface area contributed by atoms with E-state index in [9.17, 15) is 9.59 Å². The molecule has 0 radical (unpaired) electrons. The lowest BCUT2D eigenvalue weighted by molar-refractivity contribution is -0.125. The summed E-state index contributed by atoms with van der Waals surface area (Å²) in [5.41, 5.74) is 6.12. The van der Waals surface area contributed by atoms with Gasteiger partial charge in [-0.05, 0) is 64.2 Å². The van der Waals surface area contributed by atoms with Gasteiger partial charge in [0.2, 0.25) is 23.7 Å². The maximum atomic E-state index is 13.0. The van der Waals surface area contributed by atoms with Crippen molar-refractivity contribution in [2.75, 3.05) is 14.1 Å². The molecule has 7 heteroatoms. The van der Waals surface area contributed by atoms with Crippen LogP contribution < -0.4 is 5.73 Å². The Morgan fingerprint density at radius 1 is 0.553 bits per heavy atom. The number of hydrogen-bond acceptors (Lipinski definition) is 3. The van der Waals surface area contributed by atoms with Crippen LogP contribution in [0.1, 0.15) is 194 Å². The Hall–Kier alpha value is -2.44. The van der Waals surface area contributed by atoms with Crippen molar-refractivity contribution in [1.82, 2.24) is 9.80 Å². The Morgan fingerprint density at radius 3 is 1.28 bits per heavy atom. The number of carbonyl (C=O) groups is 2. The largest absolute Gasteiger partial charge is 0.369 e. The average molecular weight is 658 g/mol. The molecule has 0 saturated carbocycles. The number of amides is 2. The molecule has 0 aliphatic heterocycles. The van der Waals surface area contributed by atoms with Gasteiger partial charge in [-0.3, -0.25) is 15.0 Å². The van der Waals surface area contributed by atoms with Gasteiger partial charge < -0.3 is 10.6 Å². The summed E-state index contributed by atoms with van der Waals surface area (Å²) >= 11 is 0. The summed E-state index contributed by atoms with van der Waals surface area (Å²) in [6.45, 7) is 4.52. The van der Waals surface area contributed by atoms with Gasteiger partial charge in [0.15, 0.2) is 0 Å². The lowest BCUT2D eigenvalue weighted by Gasteiger charge is -2.26. The number of allylic oxidation sites excluding steroid dienone is 4. The van der Waals surface area contributed by atoms with Crippen molar-refractivity contribution in [3.63, 3.8) is 0 Å². The summed E-state index contributed by atoms with van der Waals surface area (Å²) in [5, 5.41) is 8.37. The third-order valence-corrected chi connectivity index (χ3v) is 8.66. The first-order valence-electron chi connectivity index (χ1n) is 19.6. The molecule has 0 spiro atoms. The second kappa shape index (κ2) is 33.5. The number of aliphatic imine (C=N–C) groups is 1. The number of unbranched alkanes of at least 4 members (excludes halogenated alkanes) is 22. The molecule has 0 bridgehead atoms. The van der Waals surface area contributed by atoms with Gasteiger partial charge in [-0.15, -0.1) is 0 Å². The van der Waals surface area contributed by atoms with Gasteiger partial charge in [0.1, 0.15) is 0 Å². The molecule has 0 saturated heterocycles. The first-order valence-corrected chi connectivity index (χ1v) is 19.6. The summed E-state index contributed by atoms with van der Waals surface area (Å²) in [5.74, 6) is -0.876. The summed E-state index contributed by atoms with van der Waals surface area (Å²) in [7, 11) is 3.37. The van der Waals surface area contributed by atoms with E-state index >= 15 is 0 Å². The highest BCUT2D eigenvalue weighted by molar-refractivity contribution is 6.13. The maximum Gasteiger partial charge on any atom is 0.248 e. The lowest BCUT2D eigenvalue weighted by atomic mass is 10.1. The van der Waals surface area contributed by atoms with Crippen LogP contribution in [-0.2, 0) is 9.59 Å².